The van der Waals surface area contributed by atoms with Crippen molar-refractivity contribution in [2.45, 2.75) is 33.5 Å². The third kappa shape index (κ3) is 4.13. The smallest absolute Gasteiger partial charge is 0.189 e. The number of halogens is 3. The van der Waals surface area contributed by atoms with Crippen molar-refractivity contribution in [2.75, 3.05) is 24.7 Å². The molecule has 6 nitrogen and oxygen atoms in total. The molecule has 36 heavy (non-hydrogen) atoms. The molecule has 11 heteroatoms. The highest BCUT2D eigenvalue weighted by Gasteiger charge is 2.61. The van der Waals surface area contributed by atoms with Crippen LogP contribution < -0.4 is 10.5 Å². The Bertz CT molecular complexity index is 1390. The van der Waals surface area contributed by atoms with Gasteiger partial charge in [0.05, 0.1) is 23.2 Å². The Morgan fingerprint density at radius 2 is 1.89 bits per heavy atom. The first-order valence-electron chi connectivity index (χ1n) is 11.3. The van der Waals surface area contributed by atoms with Gasteiger partial charge in [-0.25, -0.2) is 22.2 Å². The van der Waals surface area contributed by atoms with Crippen LogP contribution in [0.3, 0.4) is 0 Å². The van der Waals surface area contributed by atoms with Crippen LogP contribution in [0.2, 0.25) is 5.02 Å². The van der Waals surface area contributed by atoms with Crippen LogP contribution in [0.4, 0.5) is 14.6 Å². The van der Waals surface area contributed by atoms with Gasteiger partial charge in [-0.05, 0) is 61.4 Å². The lowest BCUT2D eigenvalue weighted by Gasteiger charge is -2.50. The van der Waals surface area contributed by atoms with Crippen molar-refractivity contribution in [2.24, 2.45) is 5.92 Å². The molecule has 2 aliphatic heterocycles. The van der Waals surface area contributed by atoms with E-state index in [4.69, 9.17) is 26.8 Å². The Hall–Kier alpha value is -2.40. The molecule has 0 saturated carbocycles. The fourth-order valence-electron chi connectivity index (χ4n) is 5.14. The normalized spacial score (nSPS) is 23.4. The number of ether oxygens (including phenoxy) is 2. The lowest BCUT2D eigenvalue weighted by molar-refractivity contribution is -0.0731. The lowest BCUT2D eigenvalue weighted by atomic mass is 9.75. The van der Waals surface area contributed by atoms with Gasteiger partial charge < -0.3 is 15.2 Å². The average molecular weight is 553 g/mol. The van der Waals surface area contributed by atoms with Crippen molar-refractivity contribution >= 4 is 39.0 Å². The number of pyridine rings is 1. The number of nitrogens with zero attached hydrogens (tertiary/aromatic N) is 1. The Balaban J connectivity index is 1.57. The zero-order valence-corrected chi connectivity index (χ0v) is 21.4. The monoisotopic (exact) mass is 552 g/mol. The number of hydrogen-bond acceptors (Lipinski definition) is 7. The van der Waals surface area contributed by atoms with E-state index in [1.54, 1.807) is 12.3 Å². The highest BCUT2D eigenvalue weighted by Crippen LogP contribution is 2.56. The maximum atomic E-state index is 15.4. The molecule has 0 bridgehead atoms. The van der Waals surface area contributed by atoms with E-state index < -0.39 is 38.2 Å². The van der Waals surface area contributed by atoms with Crippen LogP contribution in [0.5, 0.6) is 5.75 Å². The second-order valence-electron chi connectivity index (χ2n) is 8.68. The topological polar surface area (TPSA) is 91.5 Å². The van der Waals surface area contributed by atoms with Gasteiger partial charge in [-0.2, -0.15) is 0 Å². The number of anilines is 1. The van der Waals surface area contributed by atoms with Crippen LogP contribution in [0, 0.1) is 17.6 Å². The second-order valence-corrected chi connectivity index (χ2v) is 12.5. The van der Waals surface area contributed by atoms with Crippen LogP contribution >= 0.6 is 23.4 Å². The summed E-state index contributed by atoms with van der Waals surface area (Å²) < 4.78 is 68.7. The number of nitrogens with two attached hydrogens (primary N) is 1. The van der Waals surface area contributed by atoms with Crippen LogP contribution in [-0.4, -0.2) is 38.5 Å². The molecule has 0 spiro atoms. The number of hydrogen-bond donors (Lipinski definition) is 1. The molecule has 0 amide bonds. The van der Waals surface area contributed by atoms with Gasteiger partial charge in [-0.3, -0.25) is 0 Å². The second kappa shape index (κ2) is 9.81. The van der Waals surface area contributed by atoms with E-state index in [2.05, 4.69) is 4.98 Å². The Morgan fingerprint density at radius 1 is 1.14 bits per heavy atom. The summed E-state index contributed by atoms with van der Waals surface area (Å²) in [5.74, 6) is -1.82. The molecule has 2 aromatic carbocycles. The number of nitrogen functional groups attached to an aromatic ring is 1. The molecule has 0 radical (unpaired) electrons. The maximum absolute atomic E-state index is 15.4. The molecule has 3 heterocycles. The Labute approximate surface area is 217 Å². The Morgan fingerprint density at radius 3 is 2.64 bits per heavy atom. The van der Waals surface area contributed by atoms with E-state index in [9.17, 15) is 12.8 Å². The summed E-state index contributed by atoms with van der Waals surface area (Å²) in [6.45, 7) is -0.0758. The summed E-state index contributed by atoms with van der Waals surface area (Å²) in [7, 11) is -4.23. The van der Waals surface area contributed by atoms with Gasteiger partial charge in [-0.1, -0.05) is 11.6 Å². The van der Waals surface area contributed by atoms with Crippen molar-refractivity contribution < 1.29 is 26.7 Å². The number of sulfone groups is 1. The van der Waals surface area contributed by atoms with Crippen LogP contribution in [0.25, 0.3) is 0 Å². The van der Waals surface area contributed by atoms with Gasteiger partial charge >= 0.3 is 0 Å². The average Bonchev–Trinajstić information content (AvgIpc) is 2.87. The van der Waals surface area contributed by atoms with E-state index in [1.807, 2.05) is 6.07 Å². The number of thioether (sulfide) groups is 1. The first-order chi connectivity index (χ1) is 17.3. The summed E-state index contributed by atoms with van der Waals surface area (Å²) in [5, 5.41) is 0.365. The van der Waals surface area contributed by atoms with Gasteiger partial charge in [0.25, 0.3) is 0 Å². The molecule has 2 aliphatic rings. The standard InChI is InChI=1S/C25H23ClF2N2O4S2/c26-15-3-5-16(6-4-15)36(31,32)25-10-12-33-20(9-13-35-21-2-1-11-30-24(21)29)17(25)14-34-23-19(28)8-7-18(27)22(23)25/h1-8,11,17,20H,9-10,12-14H2,(H2,29,30)/t17-,20-,25-/m0/s1. The third-order valence-electron chi connectivity index (χ3n) is 6.81. The zero-order chi connectivity index (χ0) is 25.5. The summed E-state index contributed by atoms with van der Waals surface area (Å²) >= 11 is 7.46. The third-order valence-corrected chi connectivity index (χ3v) is 10.7. The van der Waals surface area contributed by atoms with E-state index in [-0.39, 0.29) is 35.8 Å². The molecule has 3 atom stereocenters. The van der Waals surface area contributed by atoms with Gasteiger partial charge in [0.15, 0.2) is 21.4 Å². The molecule has 0 unspecified atom stereocenters. The fraction of sp³-hybridized carbons (Fsp3) is 0.320. The van der Waals surface area contributed by atoms with Gasteiger partial charge in [-0.15, -0.1) is 11.8 Å². The lowest BCUT2D eigenvalue weighted by Crippen LogP contribution is -2.57. The minimum Gasteiger partial charge on any atom is -0.490 e. The van der Waals surface area contributed by atoms with Crippen molar-refractivity contribution in [3.63, 3.8) is 0 Å². The maximum Gasteiger partial charge on any atom is 0.189 e. The number of benzene rings is 2. The first kappa shape index (κ1) is 25.3. The van der Waals surface area contributed by atoms with Crippen molar-refractivity contribution in [1.29, 1.82) is 0 Å². The fourth-order valence-corrected chi connectivity index (χ4v) is 8.56. The minimum absolute atomic E-state index is 0.0217. The first-order valence-corrected chi connectivity index (χ1v) is 14.2. The van der Waals surface area contributed by atoms with E-state index in [1.165, 1.54) is 36.0 Å². The Kier molecular flexibility index (Phi) is 6.88. The molecule has 1 saturated heterocycles. The largest absolute Gasteiger partial charge is 0.490 e. The number of fused-ring (bicyclic) bond motifs is 3. The summed E-state index contributed by atoms with van der Waals surface area (Å²) in [6.07, 6.45) is 1.42. The molecule has 5 rings (SSSR count). The van der Waals surface area contributed by atoms with Crippen molar-refractivity contribution in [3.8, 4) is 5.75 Å². The van der Waals surface area contributed by atoms with Gasteiger partial charge in [0.2, 0.25) is 0 Å². The molecular weight excluding hydrogens is 530 g/mol. The molecule has 1 fully saturated rings. The quantitative estimate of drug-likeness (QED) is 0.418. The highest BCUT2D eigenvalue weighted by atomic mass is 35.5. The van der Waals surface area contributed by atoms with E-state index in [0.717, 1.165) is 17.0 Å². The van der Waals surface area contributed by atoms with E-state index in [0.29, 0.717) is 23.0 Å². The highest BCUT2D eigenvalue weighted by molar-refractivity contribution is 7.99. The summed E-state index contributed by atoms with van der Waals surface area (Å²) in [5.41, 5.74) is 5.66. The number of aromatic nitrogens is 1. The molecule has 3 aromatic rings. The molecule has 0 aliphatic carbocycles. The summed E-state index contributed by atoms with van der Waals surface area (Å²) in [4.78, 5) is 4.85. The van der Waals surface area contributed by atoms with Gasteiger partial charge in [0.1, 0.15) is 16.4 Å². The molecule has 1 aromatic heterocycles. The van der Waals surface area contributed by atoms with Crippen LogP contribution in [0.1, 0.15) is 18.4 Å². The van der Waals surface area contributed by atoms with Crippen molar-refractivity contribution in [1.82, 2.24) is 4.98 Å². The van der Waals surface area contributed by atoms with Crippen LogP contribution in [-0.2, 0) is 19.3 Å². The van der Waals surface area contributed by atoms with Gasteiger partial charge in [0, 0.05) is 34.4 Å². The number of rotatable bonds is 6. The minimum atomic E-state index is -4.23. The molecule has 190 valence electrons. The van der Waals surface area contributed by atoms with E-state index >= 15 is 4.39 Å². The predicted molar refractivity (Wildman–Crippen MR) is 134 cm³/mol. The van der Waals surface area contributed by atoms with Crippen molar-refractivity contribution in [3.05, 3.63) is 76.9 Å². The molecule has 2 N–H and O–H groups in total. The summed E-state index contributed by atoms with van der Waals surface area (Å²) in [6, 6.07) is 11.2. The zero-order valence-electron chi connectivity index (χ0n) is 19.0. The predicted octanol–water partition coefficient (Wildman–Crippen LogP) is 5.24. The van der Waals surface area contributed by atoms with Crippen LogP contribution in [0.15, 0.2) is 64.5 Å². The molecular formula is C25H23ClF2N2O4S2. The SMILES string of the molecule is Nc1ncccc1SCC[C@@H]1OCC[C@@]2(S(=O)(=O)c3ccc(Cl)cc3)c3c(F)ccc(F)c3OC[C@@H]12.